The van der Waals surface area contributed by atoms with Crippen LogP contribution in [0.1, 0.15) is 18.1 Å². The fraction of sp³-hybridized carbons (Fsp3) is 0.278. The number of carbonyl (C=O) groups is 1. The van der Waals surface area contributed by atoms with E-state index in [1.54, 1.807) is 0 Å². The van der Waals surface area contributed by atoms with E-state index >= 15 is 0 Å². The molecule has 0 fully saturated rings. The van der Waals surface area contributed by atoms with Gasteiger partial charge in [0.05, 0.1) is 5.75 Å². The number of nitrogens with one attached hydrogen (secondary N) is 1. The SMILES string of the molecule is CCn1c(SCC(=O)Nc2cccc(C)c2C)nnc1-c1ccc(Br)o1. The Morgan fingerprint density at radius 2 is 2.08 bits per heavy atom. The predicted octanol–water partition coefficient (Wildman–Crippen LogP) is 4.67. The van der Waals surface area contributed by atoms with Crippen molar-refractivity contribution in [3.05, 3.63) is 46.1 Å². The van der Waals surface area contributed by atoms with Crippen molar-refractivity contribution in [1.29, 1.82) is 0 Å². The van der Waals surface area contributed by atoms with E-state index in [9.17, 15) is 4.79 Å². The van der Waals surface area contributed by atoms with Crippen LogP contribution in [0, 0.1) is 13.8 Å². The lowest BCUT2D eigenvalue weighted by molar-refractivity contribution is -0.113. The van der Waals surface area contributed by atoms with E-state index < -0.39 is 0 Å². The number of carbonyl (C=O) groups excluding carboxylic acids is 1. The van der Waals surface area contributed by atoms with E-state index in [1.165, 1.54) is 11.8 Å². The molecule has 6 nitrogen and oxygen atoms in total. The lowest BCUT2D eigenvalue weighted by Gasteiger charge is -2.10. The van der Waals surface area contributed by atoms with E-state index in [2.05, 4.69) is 31.4 Å². The summed E-state index contributed by atoms with van der Waals surface area (Å²) in [5.41, 5.74) is 3.07. The molecule has 0 spiro atoms. The fourth-order valence-corrected chi connectivity index (χ4v) is 3.61. The molecule has 3 aromatic rings. The van der Waals surface area contributed by atoms with Crippen LogP contribution >= 0.6 is 27.7 Å². The number of aromatic nitrogens is 3. The Hall–Kier alpha value is -2.06. The molecule has 26 heavy (non-hydrogen) atoms. The molecule has 0 aliphatic heterocycles. The number of nitrogens with zero attached hydrogens (tertiary/aromatic N) is 3. The van der Waals surface area contributed by atoms with Crippen molar-refractivity contribution >= 4 is 39.3 Å². The molecule has 0 bridgehead atoms. The molecule has 2 heterocycles. The van der Waals surface area contributed by atoms with Crippen LogP contribution in [0.15, 0.2) is 44.6 Å². The Labute approximate surface area is 164 Å². The van der Waals surface area contributed by atoms with Crippen molar-refractivity contribution in [3.63, 3.8) is 0 Å². The number of benzene rings is 1. The summed E-state index contributed by atoms with van der Waals surface area (Å²) in [4.78, 5) is 12.3. The monoisotopic (exact) mass is 434 g/mol. The zero-order valence-electron chi connectivity index (χ0n) is 14.7. The molecule has 0 unspecified atom stereocenters. The molecule has 3 rings (SSSR count). The smallest absolute Gasteiger partial charge is 0.234 e. The first kappa shape index (κ1) is 18.7. The number of hydrogen-bond donors (Lipinski definition) is 1. The number of amides is 1. The maximum atomic E-state index is 12.3. The molecule has 1 amide bonds. The maximum absolute atomic E-state index is 12.3. The number of halogens is 1. The van der Waals surface area contributed by atoms with Gasteiger partial charge in [-0.3, -0.25) is 9.36 Å². The van der Waals surface area contributed by atoms with Crippen molar-refractivity contribution < 1.29 is 9.21 Å². The number of aryl methyl sites for hydroxylation is 1. The lowest BCUT2D eigenvalue weighted by atomic mass is 10.1. The topological polar surface area (TPSA) is 73.0 Å². The van der Waals surface area contributed by atoms with Crippen LogP contribution in [0.3, 0.4) is 0 Å². The Balaban J connectivity index is 1.69. The van der Waals surface area contributed by atoms with Gasteiger partial charge in [0.15, 0.2) is 15.6 Å². The first-order valence-corrected chi connectivity index (χ1v) is 9.95. The summed E-state index contributed by atoms with van der Waals surface area (Å²) >= 11 is 4.65. The predicted molar refractivity (Wildman–Crippen MR) is 106 cm³/mol. The molecule has 1 aromatic carbocycles. The summed E-state index contributed by atoms with van der Waals surface area (Å²) in [5.74, 6) is 1.47. The number of rotatable bonds is 6. The summed E-state index contributed by atoms with van der Waals surface area (Å²) in [6.45, 7) is 6.71. The maximum Gasteiger partial charge on any atom is 0.234 e. The second-order valence-corrected chi connectivity index (χ2v) is 7.46. The quantitative estimate of drug-likeness (QED) is 0.570. The van der Waals surface area contributed by atoms with Gasteiger partial charge < -0.3 is 9.73 Å². The van der Waals surface area contributed by atoms with Gasteiger partial charge in [0, 0.05) is 12.2 Å². The average Bonchev–Trinajstić information content (AvgIpc) is 3.22. The highest BCUT2D eigenvalue weighted by molar-refractivity contribution is 9.10. The Morgan fingerprint density at radius 1 is 1.27 bits per heavy atom. The van der Waals surface area contributed by atoms with Gasteiger partial charge in [-0.15, -0.1) is 10.2 Å². The Kier molecular flexibility index (Phi) is 5.83. The van der Waals surface area contributed by atoms with Gasteiger partial charge in [-0.1, -0.05) is 23.9 Å². The molecule has 0 saturated carbocycles. The van der Waals surface area contributed by atoms with E-state index in [1.807, 2.05) is 55.7 Å². The minimum atomic E-state index is -0.0725. The normalized spacial score (nSPS) is 10.9. The molecule has 1 N–H and O–H groups in total. The highest BCUT2D eigenvalue weighted by Crippen LogP contribution is 2.27. The standard InChI is InChI=1S/C18H19BrN4O2S/c1-4-23-17(14-8-9-15(19)25-14)21-22-18(23)26-10-16(24)20-13-7-5-6-11(2)12(13)3/h5-9H,4,10H2,1-3H3,(H,20,24). The lowest BCUT2D eigenvalue weighted by Crippen LogP contribution is -2.15. The Bertz CT molecular complexity index is 935. The number of hydrogen-bond acceptors (Lipinski definition) is 5. The van der Waals surface area contributed by atoms with Crippen molar-refractivity contribution in [2.45, 2.75) is 32.5 Å². The van der Waals surface area contributed by atoms with Crippen molar-refractivity contribution in [2.75, 3.05) is 11.1 Å². The van der Waals surface area contributed by atoms with Gasteiger partial charge in [-0.25, -0.2) is 0 Å². The van der Waals surface area contributed by atoms with Gasteiger partial charge >= 0.3 is 0 Å². The number of furan rings is 1. The molecular weight excluding hydrogens is 416 g/mol. The third-order valence-electron chi connectivity index (χ3n) is 4.04. The van der Waals surface area contributed by atoms with E-state index in [4.69, 9.17) is 4.42 Å². The van der Waals surface area contributed by atoms with Crippen LogP contribution in [0.2, 0.25) is 0 Å². The van der Waals surface area contributed by atoms with Crippen LogP contribution in [0.25, 0.3) is 11.6 Å². The van der Waals surface area contributed by atoms with Crippen LogP contribution < -0.4 is 5.32 Å². The van der Waals surface area contributed by atoms with Crippen LogP contribution in [0.5, 0.6) is 0 Å². The summed E-state index contributed by atoms with van der Waals surface area (Å²) in [7, 11) is 0. The largest absolute Gasteiger partial charge is 0.446 e. The molecular formula is C18H19BrN4O2S. The van der Waals surface area contributed by atoms with Gasteiger partial charge in [0.25, 0.3) is 0 Å². The Morgan fingerprint density at radius 3 is 2.77 bits per heavy atom. The summed E-state index contributed by atoms with van der Waals surface area (Å²) in [6, 6.07) is 9.52. The molecule has 0 radical (unpaired) electrons. The van der Waals surface area contributed by atoms with Crippen molar-refractivity contribution in [2.24, 2.45) is 0 Å². The summed E-state index contributed by atoms with van der Waals surface area (Å²) < 4.78 is 8.13. The van der Waals surface area contributed by atoms with Crippen LogP contribution in [0.4, 0.5) is 5.69 Å². The zero-order chi connectivity index (χ0) is 18.7. The third-order valence-corrected chi connectivity index (χ3v) is 5.43. The highest BCUT2D eigenvalue weighted by Gasteiger charge is 2.17. The second kappa shape index (κ2) is 8.09. The number of thioether (sulfide) groups is 1. The second-order valence-electron chi connectivity index (χ2n) is 5.74. The zero-order valence-corrected chi connectivity index (χ0v) is 17.1. The summed E-state index contributed by atoms with van der Waals surface area (Å²) in [6.07, 6.45) is 0. The van der Waals surface area contributed by atoms with E-state index in [0.717, 1.165) is 16.8 Å². The van der Waals surface area contributed by atoms with Crippen LogP contribution in [-0.4, -0.2) is 26.4 Å². The third kappa shape index (κ3) is 4.02. The molecule has 2 aromatic heterocycles. The molecule has 136 valence electrons. The molecule has 0 saturated heterocycles. The van der Waals surface area contributed by atoms with Crippen molar-refractivity contribution in [1.82, 2.24) is 14.8 Å². The average molecular weight is 435 g/mol. The first-order valence-electron chi connectivity index (χ1n) is 8.17. The van der Waals surface area contributed by atoms with Gasteiger partial charge in [-0.05, 0) is 66.0 Å². The van der Waals surface area contributed by atoms with E-state index in [-0.39, 0.29) is 11.7 Å². The molecule has 0 aliphatic carbocycles. The molecule has 0 atom stereocenters. The first-order chi connectivity index (χ1) is 12.5. The summed E-state index contributed by atoms with van der Waals surface area (Å²) in [5, 5.41) is 12.1. The van der Waals surface area contributed by atoms with Gasteiger partial charge in [-0.2, -0.15) is 0 Å². The minimum absolute atomic E-state index is 0.0725. The van der Waals surface area contributed by atoms with Crippen LogP contribution in [-0.2, 0) is 11.3 Å². The molecule has 8 heteroatoms. The highest BCUT2D eigenvalue weighted by atomic mass is 79.9. The van der Waals surface area contributed by atoms with Crippen molar-refractivity contribution in [3.8, 4) is 11.6 Å². The fourth-order valence-electron chi connectivity index (χ4n) is 2.50. The molecule has 0 aliphatic rings. The van der Waals surface area contributed by atoms with Gasteiger partial charge in [0.1, 0.15) is 0 Å². The number of anilines is 1. The van der Waals surface area contributed by atoms with E-state index in [0.29, 0.717) is 28.0 Å². The minimum Gasteiger partial charge on any atom is -0.446 e. The van der Waals surface area contributed by atoms with Gasteiger partial charge in [0.2, 0.25) is 11.7 Å².